The Balaban J connectivity index is 1.97. The van der Waals surface area contributed by atoms with E-state index in [1.807, 2.05) is 4.57 Å². The number of nitrogens with one attached hydrogen (secondary N) is 1. The molecule has 4 heteroatoms. The van der Waals surface area contributed by atoms with Crippen LogP contribution in [0.15, 0.2) is 23.0 Å². The molecule has 0 unspecified atom stereocenters. The summed E-state index contributed by atoms with van der Waals surface area (Å²) >= 11 is 0. The molecule has 0 bridgehead atoms. The second-order valence-corrected chi connectivity index (χ2v) is 5.49. The maximum atomic E-state index is 12.2. The molecule has 4 nitrogen and oxygen atoms in total. The molecule has 0 aliphatic carbocycles. The third-order valence-corrected chi connectivity index (χ3v) is 4.24. The van der Waals surface area contributed by atoms with Gasteiger partial charge >= 0.3 is 5.69 Å². The van der Waals surface area contributed by atoms with Crippen LogP contribution in [0.1, 0.15) is 31.4 Å². The monoisotopic (exact) mass is 259 g/mol. The molecule has 102 valence electrons. The fraction of sp³-hybridized carbons (Fsp3) is 0.533. The molecule has 1 N–H and O–H groups in total. The van der Waals surface area contributed by atoms with E-state index >= 15 is 0 Å². The van der Waals surface area contributed by atoms with Gasteiger partial charge < -0.3 is 9.88 Å². The number of imidazole rings is 1. The molecular weight excluding hydrogens is 238 g/mol. The van der Waals surface area contributed by atoms with Gasteiger partial charge in [-0.15, -0.1) is 0 Å². The molecule has 1 fully saturated rings. The van der Waals surface area contributed by atoms with E-state index in [0.29, 0.717) is 6.04 Å². The standard InChI is InChI=1S/C15H21N3O/c1-3-17-8-6-12(7-9-17)18-14-5-4-11(2)10-13(14)16-15(18)19/h4-5,10,12H,3,6-9H2,1-2H3,(H,16,19). The molecule has 1 aliphatic heterocycles. The van der Waals surface area contributed by atoms with E-state index in [9.17, 15) is 4.79 Å². The number of benzene rings is 1. The summed E-state index contributed by atoms with van der Waals surface area (Å²) in [6.07, 6.45) is 2.13. The van der Waals surface area contributed by atoms with Crippen molar-refractivity contribution in [3.63, 3.8) is 0 Å². The number of likely N-dealkylation sites (tertiary alicyclic amines) is 1. The highest BCUT2D eigenvalue weighted by Crippen LogP contribution is 2.24. The van der Waals surface area contributed by atoms with Crippen molar-refractivity contribution in [1.29, 1.82) is 0 Å². The number of fused-ring (bicyclic) bond motifs is 1. The average Bonchev–Trinajstić information content (AvgIpc) is 2.74. The van der Waals surface area contributed by atoms with E-state index in [0.717, 1.165) is 43.5 Å². The van der Waals surface area contributed by atoms with Crippen LogP contribution in [0.5, 0.6) is 0 Å². The van der Waals surface area contributed by atoms with Crippen molar-refractivity contribution in [3.05, 3.63) is 34.2 Å². The van der Waals surface area contributed by atoms with Crippen molar-refractivity contribution < 1.29 is 0 Å². The minimum absolute atomic E-state index is 0.0375. The Labute approximate surface area is 113 Å². The Morgan fingerprint density at radius 2 is 2.05 bits per heavy atom. The normalized spacial score (nSPS) is 18.2. The molecule has 0 spiro atoms. The quantitative estimate of drug-likeness (QED) is 0.899. The number of nitrogens with zero attached hydrogens (tertiary/aromatic N) is 2. The summed E-state index contributed by atoms with van der Waals surface area (Å²) < 4.78 is 1.96. The van der Waals surface area contributed by atoms with E-state index in [4.69, 9.17) is 0 Å². The van der Waals surface area contributed by atoms with Gasteiger partial charge in [0.25, 0.3) is 0 Å². The summed E-state index contributed by atoms with van der Waals surface area (Å²) in [6, 6.07) is 6.53. The number of hydrogen-bond acceptors (Lipinski definition) is 2. The van der Waals surface area contributed by atoms with Crippen LogP contribution < -0.4 is 5.69 Å². The minimum Gasteiger partial charge on any atom is -0.306 e. The Bertz CT molecular complexity index is 632. The minimum atomic E-state index is 0.0375. The van der Waals surface area contributed by atoms with Crippen LogP contribution in [0.4, 0.5) is 0 Å². The smallest absolute Gasteiger partial charge is 0.306 e. The lowest BCUT2D eigenvalue weighted by Crippen LogP contribution is -2.36. The first-order valence-electron chi connectivity index (χ1n) is 7.12. The van der Waals surface area contributed by atoms with Gasteiger partial charge in [-0.3, -0.25) is 4.57 Å². The van der Waals surface area contributed by atoms with Crippen LogP contribution in [-0.2, 0) is 0 Å². The maximum absolute atomic E-state index is 12.2. The number of aromatic nitrogens is 2. The van der Waals surface area contributed by atoms with Crippen LogP contribution >= 0.6 is 0 Å². The van der Waals surface area contributed by atoms with Gasteiger partial charge in [-0.05, 0) is 44.0 Å². The number of rotatable bonds is 2. The topological polar surface area (TPSA) is 41.0 Å². The molecule has 1 aromatic carbocycles. The predicted octanol–water partition coefficient (Wildman–Crippen LogP) is 2.29. The molecule has 0 saturated carbocycles. The maximum Gasteiger partial charge on any atom is 0.326 e. The third kappa shape index (κ3) is 2.21. The van der Waals surface area contributed by atoms with E-state index in [1.165, 1.54) is 5.56 Å². The molecular formula is C15H21N3O. The first-order valence-corrected chi connectivity index (χ1v) is 7.12. The van der Waals surface area contributed by atoms with E-state index in [2.05, 4.69) is 41.9 Å². The Morgan fingerprint density at radius 3 is 2.74 bits per heavy atom. The highest BCUT2D eigenvalue weighted by molar-refractivity contribution is 5.76. The summed E-state index contributed by atoms with van der Waals surface area (Å²) in [5.74, 6) is 0. The van der Waals surface area contributed by atoms with Crippen molar-refractivity contribution in [2.45, 2.75) is 32.7 Å². The van der Waals surface area contributed by atoms with Crippen LogP contribution in [0, 0.1) is 6.92 Å². The third-order valence-electron chi connectivity index (χ3n) is 4.24. The molecule has 1 aliphatic rings. The number of piperidine rings is 1. The van der Waals surface area contributed by atoms with Crippen molar-refractivity contribution in [1.82, 2.24) is 14.5 Å². The molecule has 0 radical (unpaired) electrons. The molecule has 3 rings (SSSR count). The van der Waals surface area contributed by atoms with Crippen molar-refractivity contribution >= 4 is 11.0 Å². The van der Waals surface area contributed by atoms with Gasteiger partial charge in [0, 0.05) is 19.1 Å². The zero-order valence-electron chi connectivity index (χ0n) is 11.6. The molecule has 1 saturated heterocycles. The number of aryl methyl sites for hydroxylation is 1. The molecule has 2 heterocycles. The highest BCUT2D eigenvalue weighted by Gasteiger charge is 2.22. The zero-order valence-corrected chi connectivity index (χ0v) is 11.6. The molecule has 19 heavy (non-hydrogen) atoms. The molecule has 1 aromatic heterocycles. The summed E-state index contributed by atoms with van der Waals surface area (Å²) in [6.45, 7) is 7.53. The zero-order chi connectivity index (χ0) is 13.4. The van der Waals surface area contributed by atoms with Gasteiger partial charge in [-0.2, -0.15) is 0 Å². The van der Waals surface area contributed by atoms with E-state index in [-0.39, 0.29) is 5.69 Å². The number of H-pyrrole nitrogens is 1. The number of hydrogen-bond donors (Lipinski definition) is 1. The van der Waals surface area contributed by atoms with E-state index < -0.39 is 0 Å². The van der Waals surface area contributed by atoms with Crippen molar-refractivity contribution in [3.8, 4) is 0 Å². The van der Waals surface area contributed by atoms with Crippen LogP contribution in [0.3, 0.4) is 0 Å². The van der Waals surface area contributed by atoms with Gasteiger partial charge in [0.2, 0.25) is 0 Å². The molecule has 0 amide bonds. The number of aromatic amines is 1. The summed E-state index contributed by atoms with van der Waals surface area (Å²) in [5, 5.41) is 0. The van der Waals surface area contributed by atoms with E-state index in [1.54, 1.807) is 0 Å². The van der Waals surface area contributed by atoms with Gasteiger partial charge in [-0.25, -0.2) is 4.79 Å². The van der Waals surface area contributed by atoms with Crippen LogP contribution in [0.25, 0.3) is 11.0 Å². The molecule has 2 aromatic rings. The molecule has 0 atom stereocenters. The second-order valence-electron chi connectivity index (χ2n) is 5.49. The summed E-state index contributed by atoms with van der Waals surface area (Å²) in [5.41, 5.74) is 3.23. The predicted molar refractivity (Wildman–Crippen MR) is 77.7 cm³/mol. The Kier molecular flexibility index (Phi) is 3.19. The largest absolute Gasteiger partial charge is 0.326 e. The van der Waals surface area contributed by atoms with Crippen molar-refractivity contribution in [2.24, 2.45) is 0 Å². The lowest BCUT2D eigenvalue weighted by molar-refractivity contribution is 0.195. The average molecular weight is 259 g/mol. The lowest BCUT2D eigenvalue weighted by Gasteiger charge is -2.31. The van der Waals surface area contributed by atoms with Crippen molar-refractivity contribution in [2.75, 3.05) is 19.6 Å². The summed E-state index contributed by atoms with van der Waals surface area (Å²) in [4.78, 5) is 17.6. The summed E-state index contributed by atoms with van der Waals surface area (Å²) in [7, 11) is 0. The van der Waals surface area contributed by atoms with Crippen LogP contribution in [0.2, 0.25) is 0 Å². The SMILES string of the molecule is CCN1CCC(n2c(=O)[nH]c3cc(C)ccc32)CC1. The highest BCUT2D eigenvalue weighted by atomic mass is 16.1. The fourth-order valence-corrected chi connectivity index (χ4v) is 3.10. The van der Waals surface area contributed by atoms with Gasteiger partial charge in [0.05, 0.1) is 11.0 Å². The Morgan fingerprint density at radius 1 is 1.32 bits per heavy atom. The van der Waals surface area contributed by atoms with Gasteiger partial charge in [0.15, 0.2) is 0 Å². The first-order chi connectivity index (χ1) is 9.19. The first kappa shape index (κ1) is 12.5. The van der Waals surface area contributed by atoms with Gasteiger partial charge in [-0.1, -0.05) is 13.0 Å². The fourth-order valence-electron chi connectivity index (χ4n) is 3.10. The van der Waals surface area contributed by atoms with Crippen LogP contribution in [-0.4, -0.2) is 34.1 Å². The second kappa shape index (κ2) is 4.85. The van der Waals surface area contributed by atoms with Gasteiger partial charge in [0.1, 0.15) is 0 Å². The Hall–Kier alpha value is -1.55. The lowest BCUT2D eigenvalue weighted by atomic mass is 10.0.